The zero-order valence-electron chi connectivity index (χ0n) is 9.31. The van der Waals surface area contributed by atoms with Crippen molar-refractivity contribution in [3.63, 3.8) is 0 Å². The lowest BCUT2D eigenvalue weighted by Gasteiger charge is -2.36. The number of H-pyrrole nitrogens is 1. The molecule has 16 heavy (non-hydrogen) atoms. The topological polar surface area (TPSA) is 65.2 Å². The summed E-state index contributed by atoms with van der Waals surface area (Å²) in [5, 5.41) is 3.10. The number of nitrogens with zero attached hydrogens (tertiary/aromatic N) is 1. The molecule has 0 atom stereocenters. The summed E-state index contributed by atoms with van der Waals surface area (Å²) in [7, 11) is -3.32. The largest absolute Gasteiger partial charge is 0.366 e. The highest BCUT2D eigenvalue weighted by atomic mass is 32.2. The Labute approximate surface area is 95.9 Å². The second-order valence-corrected chi connectivity index (χ2v) is 5.87. The molecular weight excluding hydrogens is 226 g/mol. The van der Waals surface area contributed by atoms with E-state index in [0.29, 0.717) is 11.4 Å². The maximum atomic E-state index is 12.3. The van der Waals surface area contributed by atoms with Crippen LogP contribution in [-0.2, 0) is 10.0 Å². The summed E-state index contributed by atoms with van der Waals surface area (Å²) in [6, 6.07) is 1.71. The van der Waals surface area contributed by atoms with Crippen LogP contribution in [0.25, 0.3) is 0 Å². The molecule has 5 nitrogen and oxygen atoms in total. The van der Waals surface area contributed by atoms with Gasteiger partial charge >= 0.3 is 0 Å². The van der Waals surface area contributed by atoms with Crippen LogP contribution in [0, 0.1) is 0 Å². The molecule has 0 unspecified atom stereocenters. The molecule has 1 aromatic rings. The molecule has 1 aromatic heterocycles. The van der Waals surface area contributed by atoms with Gasteiger partial charge in [-0.3, -0.25) is 0 Å². The maximum absolute atomic E-state index is 12.3. The fraction of sp³-hybridized carbons (Fsp3) is 0.600. The molecular formula is C10H17N3O2S. The van der Waals surface area contributed by atoms with E-state index >= 15 is 0 Å². The molecule has 2 N–H and O–H groups in total. The first kappa shape index (κ1) is 11.6. The monoisotopic (exact) mass is 243 g/mol. The van der Waals surface area contributed by atoms with Gasteiger partial charge in [-0.1, -0.05) is 6.92 Å². The predicted molar refractivity (Wildman–Crippen MR) is 61.6 cm³/mol. The van der Waals surface area contributed by atoms with Crippen molar-refractivity contribution < 1.29 is 8.42 Å². The minimum Gasteiger partial charge on any atom is -0.366 e. The number of sulfonamides is 1. The molecule has 0 amide bonds. The Balaban J connectivity index is 2.24. The van der Waals surface area contributed by atoms with Crippen LogP contribution in [0.4, 0.5) is 0 Å². The van der Waals surface area contributed by atoms with Crippen molar-refractivity contribution in [2.24, 2.45) is 0 Å². The molecule has 2 heterocycles. The number of aromatic amines is 1. The summed E-state index contributed by atoms with van der Waals surface area (Å²) in [4.78, 5) is 3.14. The van der Waals surface area contributed by atoms with Crippen LogP contribution in [0.1, 0.15) is 13.3 Å². The number of aromatic nitrogens is 1. The van der Waals surface area contributed by atoms with Gasteiger partial charge in [-0.15, -0.1) is 0 Å². The molecule has 0 bridgehead atoms. The average Bonchev–Trinajstić information content (AvgIpc) is 2.67. The van der Waals surface area contributed by atoms with Gasteiger partial charge in [-0.2, -0.15) is 4.31 Å². The SMILES string of the molecule is CCCN(C1CNC1)S(=O)(=O)c1cc[nH]c1. The average molecular weight is 243 g/mol. The minimum atomic E-state index is -3.32. The van der Waals surface area contributed by atoms with Crippen LogP contribution in [-0.4, -0.2) is 43.4 Å². The lowest BCUT2D eigenvalue weighted by molar-refractivity contribution is 0.242. The van der Waals surface area contributed by atoms with E-state index in [1.807, 2.05) is 6.92 Å². The van der Waals surface area contributed by atoms with Crippen LogP contribution in [0.5, 0.6) is 0 Å². The van der Waals surface area contributed by atoms with Crippen molar-refractivity contribution >= 4 is 10.0 Å². The van der Waals surface area contributed by atoms with Crippen molar-refractivity contribution in [1.29, 1.82) is 0 Å². The molecule has 0 spiro atoms. The molecule has 0 aliphatic carbocycles. The second-order valence-electron chi connectivity index (χ2n) is 3.97. The standard InChI is InChI=1S/C10H17N3O2S/c1-2-5-13(9-6-12-7-9)16(14,15)10-3-4-11-8-10/h3-4,8-9,11-12H,2,5-7H2,1H3. The van der Waals surface area contributed by atoms with Crippen molar-refractivity contribution in [2.45, 2.75) is 24.3 Å². The zero-order valence-corrected chi connectivity index (χ0v) is 10.1. The van der Waals surface area contributed by atoms with E-state index in [2.05, 4.69) is 10.3 Å². The molecule has 0 radical (unpaired) electrons. The normalized spacial score (nSPS) is 17.6. The van der Waals surface area contributed by atoms with Gasteiger partial charge in [0.25, 0.3) is 0 Å². The van der Waals surface area contributed by atoms with E-state index < -0.39 is 10.0 Å². The van der Waals surface area contributed by atoms with E-state index in [4.69, 9.17) is 0 Å². The molecule has 6 heteroatoms. The lowest BCUT2D eigenvalue weighted by Crippen LogP contribution is -2.58. The molecule has 1 fully saturated rings. The molecule has 0 saturated carbocycles. The smallest absolute Gasteiger partial charge is 0.244 e. The first-order chi connectivity index (χ1) is 7.66. The van der Waals surface area contributed by atoms with Crippen molar-refractivity contribution in [3.05, 3.63) is 18.5 Å². The second kappa shape index (κ2) is 4.57. The van der Waals surface area contributed by atoms with Gasteiger partial charge in [-0.25, -0.2) is 8.42 Å². The Morgan fingerprint density at radius 2 is 2.25 bits per heavy atom. The predicted octanol–water partition coefficient (Wildman–Crippen LogP) is 0.387. The van der Waals surface area contributed by atoms with Gasteiger partial charge < -0.3 is 10.3 Å². The van der Waals surface area contributed by atoms with Crippen molar-refractivity contribution in [3.8, 4) is 0 Å². The third-order valence-corrected chi connectivity index (χ3v) is 4.74. The van der Waals surface area contributed by atoms with E-state index in [1.165, 1.54) is 6.20 Å². The molecule has 0 aromatic carbocycles. The third kappa shape index (κ3) is 2.00. The summed E-state index contributed by atoms with van der Waals surface area (Å²) in [6.45, 7) is 4.08. The first-order valence-electron chi connectivity index (χ1n) is 5.51. The van der Waals surface area contributed by atoms with Crippen LogP contribution < -0.4 is 5.32 Å². The number of rotatable bonds is 5. The van der Waals surface area contributed by atoms with Crippen molar-refractivity contribution in [1.82, 2.24) is 14.6 Å². The molecule has 1 saturated heterocycles. The summed E-state index contributed by atoms with van der Waals surface area (Å²) in [5.74, 6) is 0. The van der Waals surface area contributed by atoms with E-state index in [-0.39, 0.29) is 6.04 Å². The number of hydrogen-bond acceptors (Lipinski definition) is 3. The Hall–Kier alpha value is -0.850. The highest BCUT2D eigenvalue weighted by molar-refractivity contribution is 7.89. The van der Waals surface area contributed by atoms with Gasteiger partial charge in [0.1, 0.15) is 0 Å². The van der Waals surface area contributed by atoms with E-state index in [0.717, 1.165) is 19.5 Å². The zero-order chi connectivity index (χ0) is 11.6. The summed E-state index contributed by atoms with van der Waals surface area (Å²) in [6.07, 6.45) is 4.00. The van der Waals surface area contributed by atoms with Gasteiger partial charge in [0.2, 0.25) is 10.0 Å². The van der Waals surface area contributed by atoms with E-state index in [1.54, 1.807) is 16.6 Å². The quantitative estimate of drug-likeness (QED) is 0.786. The molecule has 1 aliphatic heterocycles. The molecule has 90 valence electrons. The number of hydrogen-bond donors (Lipinski definition) is 2. The fourth-order valence-electron chi connectivity index (χ4n) is 1.80. The Morgan fingerprint density at radius 3 is 2.69 bits per heavy atom. The van der Waals surface area contributed by atoms with Gasteiger partial charge in [0, 0.05) is 32.0 Å². The Morgan fingerprint density at radius 1 is 1.50 bits per heavy atom. The van der Waals surface area contributed by atoms with E-state index in [9.17, 15) is 8.42 Å². The third-order valence-electron chi connectivity index (χ3n) is 2.79. The lowest BCUT2D eigenvalue weighted by atomic mass is 10.2. The Kier molecular flexibility index (Phi) is 3.32. The van der Waals surface area contributed by atoms with Crippen LogP contribution in [0.2, 0.25) is 0 Å². The summed E-state index contributed by atoms with van der Waals surface area (Å²) < 4.78 is 26.2. The highest BCUT2D eigenvalue weighted by Crippen LogP contribution is 2.19. The van der Waals surface area contributed by atoms with Crippen LogP contribution >= 0.6 is 0 Å². The van der Waals surface area contributed by atoms with Crippen LogP contribution in [0.3, 0.4) is 0 Å². The first-order valence-corrected chi connectivity index (χ1v) is 6.95. The van der Waals surface area contributed by atoms with Gasteiger partial charge in [0.05, 0.1) is 10.9 Å². The minimum absolute atomic E-state index is 0.111. The number of nitrogens with one attached hydrogen (secondary N) is 2. The van der Waals surface area contributed by atoms with Gasteiger partial charge in [0.15, 0.2) is 0 Å². The highest BCUT2D eigenvalue weighted by Gasteiger charge is 2.34. The van der Waals surface area contributed by atoms with Crippen molar-refractivity contribution in [2.75, 3.05) is 19.6 Å². The van der Waals surface area contributed by atoms with Gasteiger partial charge in [-0.05, 0) is 12.5 Å². The van der Waals surface area contributed by atoms with Crippen LogP contribution in [0.15, 0.2) is 23.4 Å². The summed E-state index contributed by atoms with van der Waals surface area (Å²) >= 11 is 0. The molecule has 1 aliphatic rings. The molecule has 2 rings (SSSR count). The fourth-order valence-corrected chi connectivity index (χ4v) is 3.49. The maximum Gasteiger partial charge on any atom is 0.244 e. The Bertz CT molecular complexity index is 423. The summed E-state index contributed by atoms with van der Waals surface area (Å²) in [5.41, 5.74) is 0.